The van der Waals surface area contributed by atoms with Crippen LogP contribution in [-0.2, 0) is 5.75 Å². The van der Waals surface area contributed by atoms with Gasteiger partial charge in [-0.2, -0.15) is 5.10 Å². The van der Waals surface area contributed by atoms with E-state index >= 15 is 0 Å². The van der Waals surface area contributed by atoms with E-state index in [4.69, 9.17) is 4.74 Å². The highest BCUT2D eigenvalue weighted by Gasteiger charge is 2.07. The molecule has 33 heavy (non-hydrogen) atoms. The molecule has 1 amide bonds. The second-order valence-corrected chi connectivity index (χ2v) is 9.45. The van der Waals surface area contributed by atoms with Crippen molar-refractivity contribution >= 4 is 45.4 Å². The zero-order chi connectivity index (χ0) is 23.0. The van der Waals surface area contributed by atoms with Crippen LogP contribution in [0.25, 0.3) is 10.2 Å². The summed E-state index contributed by atoms with van der Waals surface area (Å²) in [6.45, 7) is 2.60. The van der Waals surface area contributed by atoms with E-state index in [0.717, 1.165) is 27.6 Å². The van der Waals surface area contributed by atoms with E-state index < -0.39 is 0 Å². The summed E-state index contributed by atoms with van der Waals surface area (Å²) in [6, 6.07) is 20.5. The van der Waals surface area contributed by atoms with Gasteiger partial charge in [-0.25, -0.2) is 10.4 Å². The Bertz CT molecular complexity index is 1240. The zero-order valence-corrected chi connectivity index (χ0v) is 19.7. The number of phenols is 1. The fraction of sp³-hybridized carbons (Fsp3) is 0.160. The first kappa shape index (κ1) is 22.8. The van der Waals surface area contributed by atoms with Crippen molar-refractivity contribution in [3.63, 3.8) is 0 Å². The zero-order valence-electron chi connectivity index (χ0n) is 18.0. The number of nitrogens with one attached hydrogen (secondary N) is 1. The first-order chi connectivity index (χ1) is 16.1. The number of benzene rings is 3. The smallest absolute Gasteiger partial charge is 0.271 e. The van der Waals surface area contributed by atoms with Crippen LogP contribution in [0.5, 0.6) is 11.5 Å². The van der Waals surface area contributed by atoms with Gasteiger partial charge < -0.3 is 9.84 Å². The van der Waals surface area contributed by atoms with Crippen LogP contribution in [0.4, 0.5) is 0 Å². The molecule has 1 aromatic heterocycles. The van der Waals surface area contributed by atoms with Gasteiger partial charge in [0.05, 0.1) is 23.0 Å². The van der Waals surface area contributed by atoms with Gasteiger partial charge >= 0.3 is 0 Å². The highest BCUT2D eigenvalue weighted by molar-refractivity contribution is 8.00. The van der Waals surface area contributed by atoms with Crippen molar-refractivity contribution in [2.45, 2.75) is 23.4 Å². The summed E-state index contributed by atoms with van der Waals surface area (Å²) in [4.78, 5) is 17.0. The molecule has 1 heterocycles. The molecule has 0 spiro atoms. The van der Waals surface area contributed by atoms with Gasteiger partial charge in [0.15, 0.2) is 4.34 Å². The lowest BCUT2D eigenvalue weighted by atomic mass is 10.1. The molecule has 0 bridgehead atoms. The minimum absolute atomic E-state index is 0.0385. The molecule has 4 rings (SSSR count). The molecule has 0 saturated carbocycles. The van der Waals surface area contributed by atoms with Crippen LogP contribution in [0, 0.1) is 0 Å². The summed E-state index contributed by atoms with van der Waals surface area (Å²) in [5.74, 6) is 1.09. The Hall–Kier alpha value is -3.36. The van der Waals surface area contributed by atoms with Crippen LogP contribution >= 0.6 is 23.1 Å². The SMILES string of the molecule is CCCOc1ccc(/C=N/NC(=O)c2ccc(CSc3nc4ccccc4s3)cc2)c(O)c1. The number of carbonyl (C=O) groups excluding carboxylic acids is 1. The van der Waals surface area contributed by atoms with Crippen LogP contribution in [0.1, 0.15) is 34.8 Å². The topological polar surface area (TPSA) is 83.8 Å². The molecule has 0 unspecified atom stereocenters. The average Bonchev–Trinajstić information content (AvgIpc) is 3.26. The summed E-state index contributed by atoms with van der Waals surface area (Å²) in [6.07, 6.45) is 2.29. The van der Waals surface area contributed by atoms with Crippen molar-refractivity contribution in [1.82, 2.24) is 10.4 Å². The van der Waals surface area contributed by atoms with Crippen LogP contribution in [0.15, 0.2) is 76.2 Å². The van der Waals surface area contributed by atoms with Gasteiger partial charge in [0.25, 0.3) is 5.91 Å². The molecule has 4 aromatic rings. The molecule has 8 heteroatoms. The molecule has 2 N–H and O–H groups in total. The predicted octanol–water partition coefficient (Wildman–Crippen LogP) is 5.85. The third kappa shape index (κ3) is 6.12. The second kappa shape index (κ2) is 11.0. The first-order valence-electron chi connectivity index (χ1n) is 10.5. The summed E-state index contributed by atoms with van der Waals surface area (Å²) < 4.78 is 7.69. The Labute approximate surface area is 200 Å². The number of nitrogens with zero attached hydrogens (tertiary/aromatic N) is 2. The summed E-state index contributed by atoms with van der Waals surface area (Å²) >= 11 is 3.37. The van der Waals surface area contributed by atoms with Crippen molar-refractivity contribution in [2.75, 3.05) is 6.61 Å². The number of phenolic OH excluding ortho intramolecular Hbond substituents is 1. The number of ether oxygens (including phenoxy) is 1. The van der Waals surface area contributed by atoms with E-state index in [0.29, 0.717) is 23.5 Å². The summed E-state index contributed by atoms with van der Waals surface area (Å²) in [5, 5.41) is 14.0. The maximum Gasteiger partial charge on any atom is 0.271 e. The van der Waals surface area contributed by atoms with E-state index in [1.165, 1.54) is 17.0 Å². The predicted molar refractivity (Wildman–Crippen MR) is 135 cm³/mol. The Morgan fingerprint density at radius 2 is 2.00 bits per heavy atom. The molecule has 0 aliphatic carbocycles. The highest BCUT2D eigenvalue weighted by atomic mass is 32.2. The van der Waals surface area contributed by atoms with Crippen molar-refractivity contribution in [3.8, 4) is 11.5 Å². The van der Waals surface area contributed by atoms with Gasteiger partial charge in [0.1, 0.15) is 11.5 Å². The molecule has 6 nitrogen and oxygen atoms in total. The molecular weight excluding hydrogens is 454 g/mol. The summed E-state index contributed by atoms with van der Waals surface area (Å²) in [5.41, 5.74) is 5.61. The standard InChI is InChI=1S/C25H23N3O3S2/c1-2-13-31-20-12-11-19(22(29)14-20)15-26-28-24(30)18-9-7-17(8-10-18)16-32-25-27-21-5-3-4-6-23(21)33-25/h3-12,14-15,29H,2,13,16H2,1H3,(H,28,30)/b26-15+. The fourth-order valence-corrected chi connectivity index (χ4v) is 5.00. The molecule has 168 valence electrons. The lowest BCUT2D eigenvalue weighted by molar-refractivity contribution is 0.0955. The number of hydrazone groups is 1. The number of thiazole rings is 1. The summed E-state index contributed by atoms with van der Waals surface area (Å²) in [7, 11) is 0. The van der Waals surface area contributed by atoms with Gasteiger partial charge in [-0.3, -0.25) is 4.79 Å². The Kier molecular flexibility index (Phi) is 7.59. The molecule has 0 saturated heterocycles. The average molecular weight is 478 g/mol. The van der Waals surface area contributed by atoms with Gasteiger partial charge in [0.2, 0.25) is 0 Å². The fourth-order valence-electron chi connectivity index (χ4n) is 2.98. The van der Waals surface area contributed by atoms with Gasteiger partial charge in [0, 0.05) is 22.9 Å². The molecule has 3 aromatic carbocycles. The Balaban J connectivity index is 1.30. The van der Waals surface area contributed by atoms with Gasteiger partial charge in [-0.05, 0) is 48.4 Å². The number of aromatic nitrogens is 1. The number of thioether (sulfide) groups is 1. The maximum absolute atomic E-state index is 12.4. The molecule has 0 atom stereocenters. The third-order valence-electron chi connectivity index (χ3n) is 4.70. The van der Waals surface area contributed by atoms with E-state index in [-0.39, 0.29) is 11.7 Å². The molecule has 0 radical (unpaired) electrons. The minimum atomic E-state index is -0.320. The van der Waals surface area contributed by atoms with Crippen molar-refractivity contribution in [1.29, 1.82) is 0 Å². The van der Waals surface area contributed by atoms with E-state index in [1.54, 1.807) is 47.4 Å². The van der Waals surface area contributed by atoms with Crippen molar-refractivity contribution in [2.24, 2.45) is 5.10 Å². The first-order valence-corrected chi connectivity index (χ1v) is 12.3. The maximum atomic E-state index is 12.4. The van der Waals surface area contributed by atoms with E-state index in [2.05, 4.69) is 21.6 Å². The number of carbonyl (C=O) groups is 1. The molecule has 0 aliphatic rings. The quantitative estimate of drug-likeness (QED) is 0.180. The number of fused-ring (bicyclic) bond motifs is 1. The lowest BCUT2D eigenvalue weighted by Gasteiger charge is -2.06. The number of para-hydroxylation sites is 1. The van der Waals surface area contributed by atoms with Crippen LogP contribution in [-0.4, -0.2) is 28.8 Å². The van der Waals surface area contributed by atoms with E-state index in [1.807, 2.05) is 37.3 Å². The lowest BCUT2D eigenvalue weighted by Crippen LogP contribution is -2.17. The molecular formula is C25H23N3O3S2. The van der Waals surface area contributed by atoms with Gasteiger partial charge in [-0.1, -0.05) is 43.0 Å². The van der Waals surface area contributed by atoms with E-state index in [9.17, 15) is 9.90 Å². The van der Waals surface area contributed by atoms with Crippen molar-refractivity contribution < 1.29 is 14.6 Å². The number of hydrogen-bond acceptors (Lipinski definition) is 7. The Morgan fingerprint density at radius 3 is 2.76 bits per heavy atom. The highest BCUT2D eigenvalue weighted by Crippen LogP contribution is 2.31. The van der Waals surface area contributed by atoms with Crippen LogP contribution in [0.3, 0.4) is 0 Å². The normalized spacial score (nSPS) is 11.2. The number of hydrogen-bond donors (Lipinski definition) is 2. The minimum Gasteiger partial charge on any atom is -0.507 e. The number of aromatic hydroxyl groups is 1. The number of amides is 1. The van der Waals surface area contributed by atoms with Gasteiger partial charge in [-0.15, -0.1) is 11.3 Å². The van der Waals surface area contributed by atoms with Crippen LogP contribution in [0.2, 0.25) is 0 Å². The Morgan fingerprint density at radius 1 is 1.18 bits per heavy atom. The molecule has 0 fully saturated rings. The largest absolute Gasteiger partial charge is 0.507 e. The third-order valence-corrected chi connectivity index (χ3v) is 6.95. The second-order valence-electron chi connectivity index (χ2n) is 7.20. The van der Waals surface area contributed by atoms with Crippen LogP contribution < -0.4 is 10.2 Å². The van der Waals surface area contributed by atoms with Crippen molar-refractivity contribution in [3.05, 3.63) is 83.4 Å². The molecule has 0 aliphatic heterocycles. The monoisotopic (exact) mass is 477 g/mol. The number of rotatable bonds is 9.